The molecule has 1 saturated carbocycles. The van der Waals surface area contributed by atoms with Crippen LogP contribution in [0.3, 0.4) is 0 Å². The second-order valence-electron chi connectivity index (χ2n) is 8.38. The molecule has 0 atom stereocenters. The van der Waals surface area contributed by atoms with E-state index in [0.29, 0.717) is 16.9 Å². The van der Waals surface area contributed by atoms with Gasteiger partial charge in [-0.15, -0.1) is 0 Å². The van der Waals surface area contributed by atoms with Crippen molar-refractivity contribution in [2.45, 2.75) is 45.1 Å². The number of nitrogens with one attached hydrogen (secondary N) is 2. The van der Waals surface area contributed by atoms with E-state index >= 15 is 0 Å². The quantitative estimate of drug-likeness (QED) is 0.382. The van der Waals surface area contributed by atoms with Crippen LogP contribution < -0.4 is 10.6 Å². The summed E-state index contributed by atoms with van der Waals surface area (Å²) in [5, 5.41) is 21.1. The standard InChI is InChI=1S/C24H24Cl2N4O3/c1-13(2)27-24(33)30-20(14-5-3-6-14)12-19(29-30)16-11-15(9-10-21(16)31)28-23(32)22-17(25)7-4-8-18(22)26/h4,7-14,31H,3,5-6H2,1-2H3,(H,27,33)(H,28,32). The molecule has 0 saturated heterocycles. The number of carbonyl (C=O) groups is 2. The van der Waals surface area contributed by atoms with E-state index in [1.165, 1.54) is 10.7 Å². The molecule has 4 rings (SSSR count). The van der Waals surface area contributed by atoms with Crippen molar-refractivity contribution in [3.05, 3.63) is 63.8 Å². The van der Waals surface area contributed by atoms with E-state index in [1.807, 2.05) is 19.9 Å². The number of aromatic nitrogens is 2. The Morgan fingerprint density at radius 3 is 2.42 bits per heavy atom. The van der Waals surface area contributed by atoms with Gasteiger partial charge in [0.25, 0.3) is 5.91 Å². The molecule has 9 heteroatoms. The van der Waals surface area contributed by atoms with Gasteiger partial charge in [0.1, 0.15) is 5.75 Å². The van der Waals surface area contributed by atoms with Crippen molar-refractivity contribution in [2.75, 3.05) is 5.32 Å². The third-order valence-corrected chi connectivity index (χ3v) is 6.22. The van der Waals surface area contributed by atoms with Gasteiger partial charge < -0.3 is 15.7 Å². The SMILES string of the molecule is CC(C)NC(=O)n1nc(-c2cc(NC(=O)c3c(Cl)cccc3Cl)ccc2O)cc1C1CCC1. The lowest BCUT2D eigenvalue weighted by Gasteiger charge is -2.25. The number of aromatic hydroxyl groups is 1. The van der Waals surface area contributed by atoms with Crippen LogP contribution in [0.25, 0.3) is 11.3 Å². The molecule has 3 N–H and O–H groups in total. The van der Waals surface area contributed by atoms with E-state index in [4.69, 9.17) is 23.2 Å². The van der Waals surface area contributed by atoms with Crippen LogP contribution in [0, 0.1) is 0 Å². The zero-order chi connectivity index (χ0) is 23.7. The molecule has 2 amide bonds. The van der Waals surface area contributed by atoms with Gasteiger partial charge in [0.15, 0.2) is 0 Å². The minimum Gasteiger partial charge on any atom is -0.507 e. The molecule has 0 aliphatic heterocycles. The first-order valence-corrected chi connectivity index (χ1v) is 11.5. The fourth-order valence-corrected chi connectivity index (χ4v) is 4.29. The summed E-state index contributed by atoms with van der Waals surface area (Å²) in [6.07, 6.45) is 3.08. The monoisotopic (exact) mass is 486 g/mol. The van der Waals surface area contributed by atoms with Gasteiger partial charge in [-0.2, -0.15) is 9.78 Å². The zero-order valence-corrected chi connectivity index (χ0v) is 19.7. The van der Waals surface area contributed by atoms with Crippen molar-refractivity contribution in [1.82, 2.24) is 15.1 Å². The molecule has 3 aromatic rings. The summed E-state index contributed by atoms with van der Waals surface area (Å²) < 4.78 is 1.38. The number of anilines is 1. The molecule has 1 heterocycles. The number of benzene rings is 2. The van der Waals surface area contributed by atoms with Crippen molar-refractivity contribution in [3.8, 4) is 17.0 Å². The number of phenols is 1. The normalized spacial score (nSPS) is 13.6. The smallest absolute Gasteiger partial charge is 0.342 e. The predicted molar refractivity (Wildman–Crippen MR) is 129 cm³/mol. The van der Waals surface area contributed by atoms with Gasteiger partial charge >= 0.3 is 6.03 Å². The van der Waals surface area contributed by atoms with Gasteiger partial charge in [0.05, 0.1) is 27.0 Å². The molecule has 33 heavy (non-hydrogen) atoms. The third kappa shape index (κ3) is 4.84. The summed E-state index contributed by atoms with van der Waals surface area (Å²) >= 11 is 12.3. The molecule has 0 bridgehead atoms. The van der Waals surface area contributed by atoms with Crippen LogP contribution in [0.15, 0.2) is 42.5 Å². The summed E-state index contributed by atoms with van der Waals surface area (Å²) in [5.74, 6) is -0.242. The van der Waals surface area contributed by atoms with E-state index in [2.05, 4.69) is 15.7 Å². The first kappa shape index (κ1) is 23.1. The highest BCUT2D eigenvalue weighted by Crippen LogP contribution is 2.39. The van der Waals surface area contributed by atoms with Gasteiger partial charge in [-0.1, -0.05) is 35.7 Å². The van der Waals surface area contributed by atoms with Gasteiger partial charge in [-0.3, -0.25) is 4.79 Å². The predicted octanol–water partition coefficient (Wildman–Crippen LogP) is 6.05. The van der Waals surface area contributed by atoms with E-state index in [0.717, 1.165) is 25.0 Å². The van der Waals surface area contributed by atoms with Crippen LogP contribution in [0.2, 0.25) is 10.0 Å². The Morgan fingerprint density at radius 1 is 1.12 bits per heavy atom. The van der Waals surface area contributed by atoms with Crippen molar-refractivity contribution in [1.29, 1.82) is 0 Å². The van der Waals surface area contributed by atoms with Crippen molar-refractivity contribution < 1.29 is 14.7 Å². The minimum atomic E-state index is -0.473. The minimum absolute atomic E-state index is 0.0159. The van der Waals surface area contributed by atoms with Gasteiger partial charge in [0.2, 0.25) is 0 Å². The number of rotatable bonds is 5. The molecular formula is C24H24Cl2N4O3. The Kier molecular flexibility index (Phi) is 6.63. The van der Waals surface area contributed by atoms with Gasteiger partial charge in [0, 0.05) is 23.2 Å². The number of amides is 2. The van der Waals surface area contributed by atoms with Crippen molar-refractivity contribution in [3.63, 3.8) is 0 Å². The number of carbonyl (C=O) groups excluding carboxylic acids is 2. The Labute approximate surface area is 201 Å². The maximum atomic E-state index is 12.8. The number of phenolic OH excluding ortho intramolecular Hbond substituents is 1. The van der Waals surface area contributed by atoms with Gasteiger partial charge in [-0.25, -0.2) is 4.79 Å². The third-order valence-electron chi connectivity index (χ3n) is 5.59. The first-order chi connectivity index (χ1) is 15.7. The first-order valence-electron chi connectivity index (χ1n) is 10.7. The molecule has 7 nitrogen and oxygen atoms in total. The fraction of sp³-hybridized carbons (Fsp3) is 0.292. The maximum Gasteiger partial charge on any atom is 0.342 e. The molecular weight excluding hydrogens is 463 g/mol. The molecule has 0 spiro atoms. The average molecular weight is 487 g/mol. The largest absolute Gasteiger partial charge is 0.507 e. The highest BCUT2D eigenvalue weighted by atomic mass is 35.5. The summed E-state index contributed by atoms with van der Waals surface area (Å²) in [4.78, 5) is 25.5. The zero-order valence-electron chi connectivity index (χ0n) is 18.2. The lowest BCUT2D eigenvalue weighted by molar-refractivity contribution is 0.102. The lowest BCUT2D eigenvalue weighted by Crippen LogP contribution is -2.36. The van der Waals surface area contributed by atoms with E-state index in [1.54, 1.807) is 30.3 Å². The fourth-order valence-electron chi connectivity index (χ4n) is 3.72. The molecule has 172 valence electrons. The summed E-state index contributed by atoms with van der Waals surface area (Å²) in [5.41, 5.74) is 2.24. The highest BCUT2D eigenvalue weighted by Gasteiger charge is 2.28. The molecule has 0 radical (unpaired) electrons. The topological polar surface area (TPSA) is 96.3 Å². The average Bonchev–Trinajstić information content (AvgIpc) is 3.12. The van der Waals surface area contributed by atoms with Crippen LogP contribution in [0.1, 0.15) is 55.1 Å². The van der Waals surface area contributed by atoms with Gasteiger partial charge in [-0.05, 0) is 63.1 Å². The Hall–Kier alpha value is -3.03. The summed E-state index contributed by atoms with van der Waals surface area (Å²) in [6.45, 7) is 3.77. The second-order valence-corrected chi connectivity index (χ2v) is 9.20. The van der Waals surface area contributed by atoms with Crippen molar-refractivity contribution >= 4 is 40.8 Å². The Morgan fingerprint density at radius 2 is 1.82 bits per heavy atom. The lowest BCUT2D eigenvalue weighted by atomic mass is 9.82. The van der Waals surface area contributed by atoms with Crippen LogP contribution in [0.4, 0.5) is 10.5 Å². The summed E-state index contributed by atoms with van der Waals surface area (Å²) in [7, 11) is 0. The molecule has 0 unspecified atom stereocenters. The number of halogens is 2. The summed E-state index contributed by atoms with van der Waals surface area (Å²) in [6, 6.07) is 10.9. The van der Waals surface area contributed by atoms with E-state index in [-0.39, 0.29) is 39.3 Å². The molecule has 1 aromatic heterocycles. The van der Waals surface area contributed by atoms with Crippen LogP contribution in [-0.4, -0.2) is 32.9 Å². The Balaban J connectivity index is 1.67. The van der Waals surface area contributed by atoms with Crippen LogP contribution in [-0.2, 0) is 0 Å². The maximum absolute atomic E-state index is 12.8. The van der Waals surface area contributed by atoms with Crippen molar-refractivity contribution in [2.24, 2.45) is 0 Å². The molecule has 1 fully saturated rings. The molecule has 1 aliphatic rings. The van der Waals surface area contributed by atoms with Crippen LogP contribution >= 0.6 is 23.2 Å². The number of nitrogens with zero attached hydrogens (tertiary/aromatic N) is 2. The van der Waals surface area contributed by atoms with E-state index < -0.39 is 5.91 Å². The van der Waals surface area contributed by atoms with E-state index in [9.17, 15) is 14.7 Å². The molecule has 1 aliphatic carbocycles. The second kappa shape index (κ2) is 9.45. The Bertz CT molecular complexity index is 1200. The molecule has 2 aromatic carbocycles. The highest BCUT2D eigenvalue weighted by molar-refractivity contribution is 6.40. The number of hydrogen-bond acceptors (Lipinski definition) is 4. The van der Waals surface area contributed by atoms with Crippen LogP contribution in [0.5, 0.6) is 5.75 Å². The number of hydrogen-bond donors (Lipinski definition) is 3.